The van der Waals surface area contributed by atoms with Gasteiger partial charge in [0.2, 0.25) is 0 Å². The van der Waals surface area contributed by atoms with Crippen molar-refractivity contribution in [3.63, 3.8) is 0 Å². The molecular formula is C41H51N3. The van der Waals surface area contributed by atoms with Crippen LogP contribution in [0.4, 0.5) is 17.1 Å². The summed E-state index contributed by atoms with van der Waals surface area (Å²) >= 11 is 0. The van der Waals surface area contributed by atoms with Crippen LogP contribution in [0.5, 0.6) is 0 Å². The molecule has 4 aromatic rings. The van der Waals surface area contributed by atoms with E-state index in [0.29, 0.717) is 0 Å². The lowest BCUT2D eigenvalue weighted by atomic mass is 9.93. The molecule has 3 heteroatoms. The van der Waals surface area contributed by atoms with E-state index in [4.69, 9.17) is 0 Å². The number of hydrogen-bond donors (Lipinski definition) is 0. The second kappa shape index (κ2) is 16.0. The molecule has 0 atom stereocenters. The predicted octanol–water partition coefficient (Wildman–Crippen LogP) is 10.1. The molecule has 4 aromatic carbocycles. The third-order valence-corrected chi connectivity index (χ3v) is 8.70. The largest absolute Gasteiger partial charge is 0.372 e. The van der Waals surface area contributed by atoms with E-state index in [1.807, 2.05) is 0 Å². The normalized spacial score (nSPS) is 11.3. The van der Waals surface area contributed by atoms with Crippen LogP contribution in [0.15, 0.2) is 109 Å². The van der Waals surface area contributed by atoms with Crippen LogP contribution in [0.2, 0.25) is 0 Å². The van der Waals surface area contributed by atoms with Crippen LogP contribution in [0, 0.1) is 6.92 Å². The summed E-state index contributed by atoms with van der Waals surface area (Å²) < 4.78 is 0. The average molecular weight is 586 g/mol. The number of rotatable bonds is 14. The van der Waals surface area contributed by atoms with E-state index in [1.165, 1.54) is 56.0 Å². The molecule has 0 unspecified atom stereocenters. The minimum absolute atomic E-state index is 1.00. The summed E-state index contributed by atoms with van der Waals surface area (Å²) in [5.41, 5.74) is 12.4. The van der Waals surface area contributed by atoms with E-state index in [1.54, 1.807) is 0 Å². The summed E-state index contributed by atoms with van der Waals surface area (Å²) in [6.07, 6.45) is 4.62. The molecule has 0 aliphatic heterocycles. The first kappa shape index (κ1) is 32.7. The van der Waals surface area contributed by atoms with Crippen molar-refractivity contribution in [3.8, 4) is 0 Å². The van der Waals surface area contributed by atoms with Crippen molar-refractivity contribution in [1.29, 1.82) is 0 Å². The minimum Gasteiger partial charge on any atom is -0.372 e. The standard InChI is InChI=1S/C41H51N3/c1-8-42(9-2)37-24-18-34(19-25-37)40(33-16-14-32(7)15-17-33)30-31-41(35-20-26-38(27-21-35)43(10-3)11-4)36-22-28-39(29-23-36)44(12-5)13-6/h14-31H,8-13H2,1-7H3. The summed E-state index contributed by atoms with van der Waals surface area (Å²) in [4.78, 5) is 7.17. The molecular weight excluding hydrogens is 534 g/mol. The Bertz CT molecular complexity index is 1430. The zero-order valence-corrected chi connectivity index (χ0v) is 28.0. The van der Waals surface area contributed by atoms with Crippen LogP contribution >= 0.6 is 0 Å². The molecule has 44 heavy (non-hydrogen) atoms. The van der Waals surface area contributed by atoms with Crippen LogP contribution in [0.25, 0.3) is 11.1 Å². The van der Waals surface area contributed by atoms with Gasteiger partial charge in [-0.2, -0.15) is 0 Å². The molecule has 0 N–H and O–H groups in total. The van der Waals surface area contributed by atoms with Gasteiger partial charge in [-0.1, -0.05) is 78.4 Å². The van der Waals surface area contributed by atoms with E-state index in [0.717, 1.165) is 39.3 Å². The Hall–Kier alpha value is -4.24. The first-order chi connectivity index (χ1) is 21.5. The van der Waals surface area contributed by atoms with E-state index >= 15 is 0 Å². The highest BCUT2D eigenvalue weighted by Gasteiger charge is 2.11. The fourth-order valence-corrected chi connectivity index (χ4v) is 5.94. The number of aryl methyl sites for hydroxylation is 1. The SMILES string of the molecule is CCN(CC)c1ccc(C(=CC=C(c2ccc(N(CC)CC)cc2)c2ccc(N(CC)CC)cc2)c2ccc(C)cc2)cc1. The number of hydrogen-bond acceptors (Lipinski definition) is 3. The van der Waals surface area contributed by atoms with Gasteiger partial charge in [-0.15, -0.1) is 0 Å². The van der Waals surface area contributed by atoms with Crippen molar-refractivity contribution in [2.45, 2.75) is 48.5 Å². The second-order valence-electron chi connectivity index (χ2n) is 11.2. The highest BCUT2D eigenvalue weighted by Crippen LogP contribution is 2.31. The summed E-state index contributed by atoms with van der Waals surface area (Å²) in [7, 11) is 0. The van der Waals surface area contributed by atoms with Gasteiger partial charge in [0.1, 0.15) is 0 Å². The number of allylic oxidation sites excluding steroid dienone is 2. The summed E-state index contributed by atoms with van der Waals surface area (Å²) in [5.74, 6) is 0. The Morgan fingerprint density at radius 3 is 0.841 bits per heavy atom. The summed E-state index contributed by atoms with van der Waals surface area (Å²) in [6.45, 7) is 21.4. The van der Waals surface area contributed by atoms with Crippen molar-refractivity contribution in [3.05, 3.63) is 137 Å². The lowest BCUT2D eigenvalue weighted by Crippen LogP contribution is -2.21. The molecule has 0 amide bonds. The molecule has 0 heterocycles. The molecule has 4 rings (SSSR count). The molecule has 230 valence electrons. The lowest BCUT2D eigenvalue weighted by Gasteiger charge is -2.22. The average Bonchev–Trinajstić information content (AvgIpc) is 3.07. The first-order valence-electron chi connectivity index (χ1n) is 16.5. The highest BCUT2D eigenvalue weighted by molar-refractivity contribution is 5.87. The number of anilines is 3. The Morgan fingerprint density at radius 2 is 0.614 bits per heavy atom. The van der Waals surface area contributed by atoms with Crippen molar-refractivity contribution < 1.29 is 0 Å². The van der Waals surface area contributed by atoms with Gasteiger partial charge in [0.15, 0.2) is 0 Å². The van der Waals surface area contributed by atoms with Gasteiger partial charge in [0.05, 0.1) is 0 Å². The monoisotopic (exact) mass is 585 g/mol. The van der Waals surface area contributed by atoms with Crippen LogP contribution in [-0.2, 0) is 0 Å². The van der Waals surface area contributed by atoms with E-state index < -0.39 is 0 Å². The van der Waals surface area contributed by atoms with Crippen molar-refractivity contribution in [2.24, 2.45) is 0 Å². The molecule has 0 aliphatic carbocycles. The van der Waals surface area contributed by atoms with Crippen molar-refractivity contribution >= 4 is 28.2 Å². The molecule has 0 bridgehead atoms. The number of benzene rings is 4. The van der Waals surface area contributed by atoms with Crippen LogP contribution in [0.1, 0.15) is 69.4 Å². The molecule has 0 spiro atoms. The third kappa shape index (κ3) is 7.82. The minimum atomic E-state index is 1.00. The van der Waals surface area contributed by atoms with Gasteiger partial charge in [-0.05, 0) is 118 Å². The van der Waals surface area contributed by atoms with Crippen LogP contribution in [0.3, 0.4) is 0 Å². The molecule has 0 saturated carbocycles. The van der Waals surface area contributed by atoms with E-state index in [2.05, 4.69) is 172 Å². The predicted molar refractivity (Wildman–Crippen MR) is 195 cm³/mol. The van der Waals surface area contributed by atoms with Gasteiger partial charge in [0.25, 0.3) is 0 Å². The molecule has 0 aliphatic rings. The molecule has 0 fully saturated rings. The van der Waals surface area contributed by atoms with Gasteiger partial charge >= 0.3 is 0 Å². The lowest BCUT2D eigenvalue weighted by molar-refractivity contribution is 0.866. The van der Waals surface area contributed by atoms with Gasteiger partial charge in [-0.25, -0.2) is 0 Å². The third-order valence-electron chi connectivity index (χ3n) is 8.70. The maximum absolute atomic E-state index is 2.39. The molecule has 0 radical (unpaired) electrons. The molecule has 3 nitrogen and oxygen atoms in total. The summed E-state index contributed by atoms with van der Waals surface area (Å²) in [5, 5.41) is 0. The maximum atomic E-state index is 2.39. The van der Waals surface area contributed by atoms with Crippen LogP contribution in [-0.4, -0.2) is 39.3 Å². The van der Waals surface area contributed by atoms with Crippen molar-refractivity contribution in [2.75, 3.05) is 54.0 Å². The van der Waals surface area contributed by atoms with Crippen LogP contribution < -0.4 is 14.7 Å². The van der Waals surface area contributed by atoms with Crippen molar-refractivity contribution in [1.82, 2.24) is 0 Å². The van der Waals surface area contributed by atoms with E-state index in [9.17, 15) is 0 Å². The Labute approximate surface area is 267 Å². The van der Waals surface area contributed by atoms with Gasteiger partial charge in [-0.3, -0.25) is 0 Å². The highest BCUT2D eigenvalue weighted by atomic mass is 15.1. The quantitative estimate of drug-likeness (QED) is 0.136. The fraction of sp³-hybridized carbons (Fsp3) is 0.317. The Morgan fingerprint density at radius 1 is 0.386 bits per heavy atom. The first-order valence-corrected chi connectivity index (χ1v) is 16.5. The molecule has 0 aromatic heterocycles. The van der Waals surface area contributed by atoms with E-state index in [-0.39, 0.29) is 0 Å². The summed E-state index contributed by atoms with van der Waals surface area (Å²) in [6, 6.07) is 36.1. The Kier molecular flexibility index (Phi) is 11.9. The second-order valence-corrected chi connectivity index (χ2v) is 11.2. The topological polar surface area (TPSA) is 9.72 Å². The smallest absolute Gasteiger partial charge is 0.0366 e. The Balaban J connectivity index is 1.85. The number of nitrogens with zero attached hydrogens (tertiary/aromatic N) is 3. The fourth-order valence-electron chi connectivity index (χ4n) is 5.94. The molecule has 0 saturated heterocycles. The zero-order valence-electron chi connectivity index (χ0n) is 28.0. The van der Waals surface area contributed by atoms with Gasteiger partial charge in [0, 0.05) is 56.3 Å². The zero-order chi connectivity index (χ0) is 31.5. The maximum Gasteiger partial charge on any atom is 0.0366 e. The van der Waals surface area contributed by atoms with Gasteiger partial charge < -0.3 is 14.7 Å².